The van der Waals surface area contributed by atoms with Crippen molar-refractivity contribution in [2.45, 2.75) is 13.5 Å². The Morgan fingerprint density at radius 3 is 2.93 bits per heavy atom. The molecule has 2 saturated heterocycles. The molecule has 9 heteroatoms. The lowest BCUT2D eigenvalue weighted by Gasteiger charge is -2.27. The maximum atomic E-state index is 13.1. The van der Waals surface area contributed by atoms with Gasteiger partial charge in [0.2, 0.25) is 0 Å². The molecule has 3 aromatic rings. The van der Waals surface area contributed by atoms with E-state index in [4.69, 9.17) is 0 Å². The summed E-state index contributed by atoms with van der Waals surface area (Å²) in [5.41, 5.74) is 1.07. The van der Waals surface area contributed by atoms with Crippen LogP contribution in [0.2, 0.25) is 0 Å². The Labute approximate surface area is 177 Å². The molecule has 0 radical (unpaired) electrons. The number of hydrogen-bond donors (Lipinski definition) is 2. The first-order chi connectivity index (χ1) is 14.1. The lowest BCUT2D eigenvalue weighted by molar-refractivity contribution is 0.0713. The van der Waals surface area contributed by atoms with E-state index in [9.17, 15) is 9.90 Å². The van der Waals surface area contributed by atoms with E-state index in [1.54, 1.807) is 11.3 Å². The first kappa shape index (κ1) is 18.9. The fourth-order valence-electron chi connectivity index (χ4n) is 4.63. The number of carbonyl (C=O) groups is 1. The fraction of sp³-hybridized carbons (Fsp3) is 0.450. The number of aromatic nitrogens is 3. The summed E-state index contributed by atoms with van der Waals surface area (Å²) in [5.74, 6) is 0.222. The highest BCUT2D eigenvalue weighted by Gasteiger charge is 2.53. The van der Waals surface area contributed by atoms with Gasteiger partial charge in [0, 0.05) is 54.1 Å². The maximum absolute atomic E-state index is 13.1. The van der Waals surface area contributed by atoms with Crippen LogP contribution in [0.5, 0.6) is 0 Å². The molecule has 2 atom stereocenters. The van der Waals surface area contributed by atoms with Gasteiger partial charge in [-0.3, -0.25) is 14.8 Å². The van der Waals surface area contributed by atoms with Gasteiger partial charge in [0.25, 0.3) is 5.91 Å². The normalized spacial score (nSPS) is 24.3. The summed E-state index contributed by atoms with van der Waals surface area (Å²) in [7, 11) is 0. The van der Waals surface area contributed by atoms with E-state index in [2.05, 4.69) is 32.5 Å². The predicted molar refractivity (Wildman–Crippen MR) is 113 cm³/mol. The van der Waals surface area contributed by atoms with Crippen LogP contribution in [-0.2, 0) is 6.54 Å². The van der Waals surface area contributed by atoms with Crippen molar-refractivity contribution >= 4 is 28.8 Å². The molecule has 2 N–H and O–H groups in total. The van der Waals surface area contributed by atoms with Gasteiger partial charge in [-0.1, -0.05) is 0 Å². The molecule has 1 amide bonds. The number of H-pyrrole nitrogens is 1. The van der Waals surface area contributed by atoms with Crippen LogP contribution in [0, 0.1) is 18.3 Å². The second-order valence-corrected chi connectivity index (χ2v) is 10.3. The summed E-state index contributed by atoms with van der Waals surface area (Å²) in [5, 5.41) is 17.5. The molecule has 29 heavy (non-hydrogen) atoms. The Balaban J connectivity index is 1.28. The second-order valence-electron chi connectivity index (χ2n) is 8.13. The van der Waals surface area contributed by atoms with Crippen LogP contribution < -0.4 is 0 Å². The molecule has 0 aromatic carbocycles. The molecule has 0 bridgehead atoms. The highest BCUT2D eigenvalue weighted by atomic mass is 32.1. The number of likely N-dealkylation sites (tertiary alicyclic amines) is 2. The van der Waals surface area contributed by atoms with Gasteiger partial charge in [-0.05, 0) is 48.6 Å². The van der Waals surface area contributed by atoms with E-state index in [1.165, 1.54) is 21.3 Å². The summed E-state index contributed by atoms with van der Waals surface area (Å²) in [6.07, 6.45) is 1.83. The van der Waals surface area contributed by atoms with Gasteiger partial charge in [-0.25, -0.2) is 4.37 Å². The first-order valence-electron chi connectivity index (χ1n) is 9.70. The van der Waals surface area contributed by atoms with E-state index in [1.807, 2.05) is 29.3 Å². The Bertz CT molecular complexity index is 1010. The van der Waals surface area contributed by atoms with Gasteiger partial charge in [0.15, 0.2) is 5.69 Å². The zero-order chi connectivity index (χ0) is 20.0. The quantitative estimate of drug-likeness (QED) is 0.651. The van der Waals surface area contributed by atoms with Gasteiger partial charge in [0.05, 0.1) is 17.2 Å². The molecule has 2 fully saturated rings. The monoisotopic (exact) mass is 429 g/mol. The molecule has 0 aliphatic carbocycles. The minimum atomic E-state index is -0.246. The second kappa shape index (κ2) is 7.32. The third-order valence-corrected chi connectivity index (χ3v) is 7.87. The van der Waals surface area contributed by atoms with Gasteiger partial charge < -0.3 is 10.0 Å². The topological polar surface area (TPSA) is 85.3 Å². The summed E-state index contributed by atoms with van der Waals surface area (Å²) in [4.78, 5) is 20.9. The lowest BCUT2D eigenvalue weighted by Crippen LogP contribution is -2.38. The Morgan fingerprint density at radius 2 is 2.24 bits per heavy atom. The number of fused-ring (bicyclic) bond motifs is 1. The first-order valence-corrected chi connectivity index (χ1v) is 11.3. The number of aliphatic hydroxyl groups excluding tert-OH is 1. The van der Waals surface area contributed by atoms with Gasteiger partial charge in [0.1, 0.15) is 0 Å². The average Bonchev–Trinajstić information content (AvgIpc) is 3.49. The molecule has 0 spiro atoms. The number of thiophene rings is 1. The minimum Gasteiger partial charge on any atom is -0.396 e. The summed E-state index contributed by atoms with van der Waals surface area (Å²) in [6, 6.07) is 7.99. The van der Waals surface area contributed by atoms with Crippen molar-refractivity contribution in [3.63, 3.8) is 0 Å². The molecule has 2 unspecified atom stereocenters. The van der Waals surface area contributed by atoms with Crippen molar-refractivity contribution in [3.8, 4) is 10.6 Å². The van der Waals surface area contributed by atoms with Crippen molar-refractivity contribution in [1.29, 1.82) is 0 Å². The number of hydrogen-bond acceptors (Lipinski definition) is 7. The standard InChI is InChI=1S/C20H23N5O2S2/c1-13-2-3-18(28-13)16-6-17(23-22-16)19(27)25-8-14-7-24(9-15-4-5-21-29-15)10-20(14,11-25)12-26/h2-6,14,26H,7-12H2,1H3,(H,22,23). The van der Waals surface area contributed by atoms with E-state index in [-0.39, 0.29) is 23.8 Å². The largest absolute Gasteiger partial charge is 0.396 e. The average molecular weight is 430 g/mol. The van der Waals surface area contributed by atoms with Crippen molar-refractivity contribution in [2.75, 3.05) is 32.8 Å². The van der Waals surface area contributed by atoms with E-state index < -0.39 is 0 Å². The highest BCUT2D eigenvalue weighted by molar-refractivity contribution is 7.15. The van der Waals surface area contributed by atoms with E-state index in [0.717, 1.165) is 30.2 Å². The SMILES string of the molecule is Cc1ccc(-c2cc(C(=O)N3CC4CN(Cc5ccns5)CC4(CO)C3)n[nH]2)s1. The lowest BCUT2D eigenvalue weighted by atomic mass is 9.82. The van der Waals surface area contributed by atoms with Crippen LogP contribution in [0.15, 0.2) is 30.5 Å². The summed E-state index contributed by atoms with van der Waals surface area (Å²) < 4.78 is 4.17. The van der Waals surface area contributed by atoms with Crippen LogP contribution in [0.1, 0.15) is 20.2 Å². The minimum absolute atomic E-state index is 0.0583. The predicted octanol–water partition coefficient (Wildman–Crippen LogP) is 2.47. The van der Waals surface area contributed by atoms with Crippen LogP contribution in [0.3, 0.4) is 0 Å². The number of nitrogens with zero attached hydrogens (tertiary/aromatic N) is 4. The third-order valence-electron chi connectivity index (χ3n) is 6.11. The summed E-state index contributed by atoms with van der Waals surface area (Å²) in [6.45, 7) is 5.96. The molecule has 5 heterocycles. The van der Waals surface area contributed by atoms with Crippen LogP contribution in [0.4, 0.5) is 0 Å². The van der Waals surface area contributed by atoms with Crippen molar-refractivity contribution in [1.82, 2.24) is 24.4 Å². The van der Waals surface area contributed by atoms with Crippen LogP contribution >= 0.6 is 22.9 Å². The fourth-order valence-corrected chi connectivity index (χ4v) is 6.09. The van der Waals surface area contributed by atoms with E-state index in [0.29, 0.717) is 18.8 Å². The number of rotatable bonds is 5. The molecule has 5 rings (SSSR count). The van der Waals surface area contributed by atoms with Crippen molar-refractivity contribution in [3.05, 3.63) is 45.9 Å². The smallest absolute Gasteiger partial charge is 0.274 e. The third kappa shape index (κ3) is 3.42. The number of aryl methyl sites for hydroxylation is 1. The number of aromatic amines is 1. The van der Waals surface area contributed by atoms with Gasteiger partial charge in [-0.2, -0.15) is 5.10 Å². The zero-order valence-corrected chi connectivity index (χ0v) is 17.8. The van der Waals surface area contributed by atoms with Crippen molar-refractivity contribution in [2.24, 2.45) is 11.3 Å². The van der Waals surface area contributed by atoms with Crippen LogP contribution in [0.25, 0.3) is 10.6 Å². The summed E-state index contributed by atoms with van der Waals surface area (Å²) >= 11 is 3.20. The molecule has 7 nitrogen and oxygen atoms in total. The number of nitrogens with one attached hydrogen (secondary N) is 1. The molecule has 2 aliphatic heterocycles. The Hall–Kier alpha value is -2.07. The van der Waals surface area contributed by atoms with Crippen molar-refractivity contribution < 1.29 is 9.90 Å². The molecular formula is C20H23N5O2S2. The van der Waals surface area contributed by atoms with Gasteiger partial charge >= 0.3 is 0 Å². The Morgan fingerprint density at radius 1 is 1.34 bits per heavy atom. The zero-order valence-electron chi connectivity index (χ0n) is 16.2. The highest BCUT2D eigenvalue weighted by Crippen LogP contribution is 2.43. The number of carbonyl (C=O) groups excluding carboxylic acids is 1. The maximum Gasteiger partial charge on any atom is 0.274 e. The van der Waals surface area contributed by atoms with E-state index >= 15 is 0 Å². The Kier molecular flexibility index (Phi) is 4.78. The molecule has 0 saturated carbocycles. The van der Waals surface area contributed by atoms with Crippen LogP contribution in [-0.4, -0.2) is 68.2 Å². The molecular weight excluding hydrogens is 406 g/mol. The molecule has 2 aliphatic rings. The number of amides is 1. The van der Waals surface area contributed by atoms with Gasteiger partial charge in [-0.15, -0.1) is 11.3 Å². The molecule has 152 valence electrons. The number of aliphatic hydroxyl groups is 1. The molecule has 3 aromatic heterocycles.